The van der Waals surface area contributed by atoms with Crippen LogP contribution in [0.15, 0.2) is 28.8 Å². The third kappa shape index (κ3) is 3.25. The van der Waals surface area contributed by atoms with Crippen molar-refractivity contribution < 1.29 is 23.5 Å². The van der Waals surface area contributed by atoms with Crippen molar-refractivity contribution in [2.45, 2.75) is 75.6 Å². The molecule has 5 fully saturated rings. The minimum Gasteiger partial charge on any atom is -0.489 e. The van der Waals surface area contributed by atoms with Crippen LogP contribution in [0.5, 0.6) is 5.75 Å². The third-order valence-corrected chi connectivity index (χ3v) is 8.92. The standard InChI is InChI=1S/C27H30N4O5/c1-15-11-28-24(35-15)18-12-30(13-18)21-4-2-3-5-22(21)36-19-6-7-20-16(8-19)14-31(25(20)33)27-9-17(10-27)23(32)29-26(27)34/h6-8,11,17-18,21-22H,2-5,9-10,12-14H2,1H3,(H,29,32,34)/t17?,21-,22-,27?/m0/s1. The number of oxazole rings is 1. The number of nitrogens with zero attached hydrogens (tertiary/aromatic N) is 3. The fourth-order valence-corrected chi connectivity index (χ4v) is 6.82. The zero-order chi connectivity index (χ0) is 24.6. The number of hydrogen-bond donors (Lipinski definition) is 1. The van der Waals surface area contributed by atoms with Crippen molar-refractivity contribution in [2.24, 2.45) is 5.92 Å². The van der Waals surface area contributed by atoms with E-state index in [0.717, 1.165) is 55.3 Å². The molecule has 3 saturated heterocycles. The van der Waals surface area contributed by atoms with Gasteiger partial charge in [0.25, 0.3) is 11.8 Å². The van der Waals surface area contributed by atoms with Crippen LogP contribution in [0.4, 0.5) is 0 Å². The van der Waals surface area contributed by atoms with Gasteiger partial charge in [0, 0.05) is 37.2 Å². The average molecular weight is 491 g/mol. The summed E-state index contributed by atoms with van der Waals surface area (Å²) in [4.78, 5) is 46.3. The van der Waals surface area contributed by atoms with Crippen molar-refractivity contribution in [1.82, 2.24) is 20.1 Å². The van der Waals surface area contributed by atoms with E-state index >= 15 is 0 Å². The summed E-state index contributed by atoms with van der Waals surface area (Å²) in [7, 11) is 0. The number of benzene rings is 1. The number of rotatable bonds is 5. The number of carbonyl (C=O) groups is 3. The van der Waals surface area contributed by atoms with E-state index in [2.05, 4.69) is 15.2 Å². The molecule has 188 valence electrons. The fraction of sp³-hybridized carbons (Fsp3) is 0.556. The van der Waals surface area contributed by atoms with Crippen LogP contribution in [-0.4, -0.2) is 63.3 Å². The van der Waals surface area contributed by atoms with E-state index in [1.165, 1.54) is 6.42 Å². The van der Waals surface area contributed by atoms with Crippen LogP contribution in [0.1, 0.15) is 72.0 Å². The lowest BCUT2D eigenvalue weighted by molar-refractivity contribution is -0.160. The zero-order valence-corrected chi connectivity index (χ0v) is 20.4. The van der Waals surface area contributed by atoms with Crippen LogP contribution in [0.3, 0.4) is 0 Å². The Hall–Kier alpha value is -3.20. The lowest BCUT2D eigenvalue weighted by Gasteiger charge is -2.53. The number of fused-ring (bicyclic) bond motifs is 3. The summed E-state index contributed by atoms with van der Waals surface area (Å²) in [6, 6.07) is 6.03. The lowest BCUT2D eigenvalue weighted by atomic mass is 9.63. The second-order valence-corrected chi connectivity index (χ2v) is 11.1. The van der Waals surface area contributed by atoms with Crippen LogP contribution < -0.4 is 10.1 Å². The van der Waals surface area contributed by atoms with Gasteiger partial charge in [-0.25, -0.2) is 4.98 Å². The van der Waals surface area contributed by atoms with Gasteiger partial charge in [-0.15, -0.1) is 0 Å². The molecule has 0 spiro atoms. The van der Waals surface area contributed by atoms with Gasteiger partial charge in [-0.3, -0.25) is 24.6 Å². The molecule has 8 rings (SSSR count). The van der Waals surface area contributed by atoms with E-state index in [9.17, 15) is 14.4 Å². The predicted octanol–water partition coefficient (Wildman–Crippen LogP) is 2.53. The largest absolute Gasteiger partial charge is 0.489 e. The Morgan fingerprint density at radius 3 is 2.67 bits per heavy atom. The molecule has 1 aromatic heterocycles. The number of piperidine rings is 2. The molecule has 3 amide bonds. The van der Waals surface area contributed by atoms with Crippen molar-refractivity contribution in [3.8, 4) is 5.75 Å². The smallest absolute Gasteiger partial charge is 0.255 e. The molecular weight excluding hydrogens is 460 g/mol. The topological polar surface area (TPSA) is 105 Å². The van der Waals surface area contributed by atoms with Crippen LogP contribution in [0.2, 0.25) is 0 Å². The molecule has 2 saturated carbocycles. The second-order valence-electron chi connectivity index (χ2n) is 11.1. The summed E-state index contributed by atoms with van der Waals surface area (Å²) in [5.74, 6) is 1.93. The Bertz CT molecular complexity index is 1260. The molecule has 0 radical (unpaired) electrons. The number of imide groups is 1. The Kier molecular flexibility index (Phi) is 4.83. The molecule has 2 atom stereocenters. The minimum atomic E-state index is -0.889. The fourth-order valence-electron chi connectivity index (χ4n) is 6.82. The summed E-state index contributed by atoms with van der Waals surface area (Å²) in [5.41, 5.74) is 0.618. The van der Waals surface area contributed by atoms with Crippen LogP contribution in [-0.2, 0) is 16.1 Å². The van der Waals surface area contributed by atoms with Crippen LogP contribution in [0, 0.1) is 12.8 Å². The molecule has 5 heterocycles. The third-order valence-electron chi connectivity index (χ3n) is 8.92. The Labute approximate surface area is 209 Å². The highest BCUT2D eigenvalue weighted by Crippen LogP contribution is 2.49. The molecule has 2 bridgehead atoms. The van der Waals surface area contributed by atoms with Gasteiger partial charge in [-0.05, 0) is 62.8 Å². The zero-order valence-electron chi connectivity index (χ0n) is 20.4. The van der Waals surface area contributed by atoms with Gasteiger partial charge in [-0.2, -0.15) is 0 Å². The summed E-state index contributed by atoms with van der Waals surface area (Å²) in [6.07, 6.45) is 7.19. The number of hydrogen-bond acceptors (Lipinski definition) is 7. The van der Waals surface area contributed by atoms with Crippen molar-refractivity contribution in [3.05, 3.63) is 47.2 Å². The van der Waals surface area contributed by atoms with E-state index in [1.54, 1.807) is 11.1 Å². The lowest BCUT2D eigenvalue weighted by Crippen LogP contribution is -2.73. The predicted molar refractivity (Wildman–Crippen MR) is 127 cm³/mol. The van der Waals surface area contributed by atoms with Crippen molar-refractivity contribution in [2.75, 3.05) is 13.1 Å². The quantitative estimate of drug-likeness (QED) is 0.642. The monoisotopic (exact) mass is 490 g/mol. The molecule has 4 aliphatic heterocycles. The molecule has 9 heteroatoms. The van der Waals surface area contributed by atoms with Crippen molar-refractivity contribution in [3.63, 3.8) is 0 Å². The molecule has 1 aromatic carbocycles. The van der Waals surface area contributed by atoms with E-state index in [1.807, 2.05) is 25.1 Å². The number of amides is 3. The molecule has 36 heavy (non-hydrogen) atoms. The maximum Gasteiger partial charge on any atom is 0.255 e. The van der Waals surface area contributed by atoms with Gasteiger partial charge >= 0.3 is 0 Å². The van der Waals surface area contributed by atoms with E-state index in [-0.39, 0.29) is 29.7 Å². The normalized spacial score (nSPS) is 32.1. The molecule has 9 nitrogen and oxygen atoms in total. The highest BCUT2D eigenvalue weighted by Gasteiger charge is 2.63. The molecule has 1 N–H and O–H groups in total. The van der Waals surface area contributed by atoms with Crippen LogP contribution >= 0.6 is 0 Å². The van der Waals surface area contributed by atoms with Gasteiger partial charge in [0.1, 0.15) is 23.2 Å². The van der Waals surface area contributed by atoms with Crippen molar-refractivity contribution >= 4 is 17.7 Å². The van der Waals surface area contributed by atoms with E-state index in [0.29, 0.717) is 36.9 Å². The van der Waals surface area contributed by atoms with Gasteiger partial charge < -0.3 is 14.1 Å². The minimum absolute atomic E-state index is 0.0957. The molecule has 2 aliphatic carbocycles. The SMILES string of the molecule is Cc1cnc(C2CN([C@H]3CCCC[C@@H]3Oc3ccc4c(c3)CN(C35CC(C3)C(=O)NC5=O)C4=O)C2)o1. The highest BCUT2D eigenvalue weighted by atomic mass is 16.5. The van der Waals surface area contributed by atoms with Gasteiger partial charge in [0.2, 0.25) is 5.91 Å². The number of ether oxygens (including phenoxy) is 1. The van der Waals surface area contributed by atoms with Crippen molar-refractivity contribution in [1.29, 1.82) is 0 Å². The summed E-state index contributed by atoms with van der Waals surface area (Å²) in [6.45, 7) is 4.17. The number of nitrogens with one attached hydrogen (secondary N) is 1. The summed E-state index contributed by atoms with van der Waals surface area (Å²) < 4.78 is 12.3. The Morgan fingerprint density at radius 1 is 1.11 bits per heavy atom. The molecule has 6 aliphatic rings. The van der Waals surface area contributed by atoms with E-state index < -0.39 is 5.54 Å². The maximum absolute atomic E-state index is 13.2. The molecule has 2 aromatic rings. The first kappa shape index (κ1) is 22.0. The summed E-state index contributed by atoms with van der Waals surface area (Å²) >= 11 is 0. The average Bonchev–Trinajstić information content (AvgIpc) is 3.36. The van der Waals surface area contributed by atoms with Gasteiger partial charge in [0.15, 0.2) is 5.89 Å². The molecular formula is C27H30N4O5. The Balaban J connectivity index is 1.04. The summed E-state index contributed by atoms with van der Waals surface area (Å²) in [5, 5.41) is 2.44. The van der Waals surface area contributed by atoms with Gasteiger partial charge in [-0.1, -0.05) is 6.42 Å². The Morgan fingerprint density at radius 2 is 1.92 bits per heavy atom. The first-order valence-electron chi connectivity index (χ1n) is 13.0. The second kappa shape index (κ2) is 7.90. The molecule has 0 unspecified atom stereocenters. The van der Waals surface area contributed by atoms with Gasteiger partial charge in [0.05, 0.1) is 12.1 Å². The first-order valence-corrected chi connectivity index (χ1v) is 13.0. The number of aromatic nitrogens is 1. The number of carbonyl (C=O) groups excluding carboxylic acids is 3. The maximum atomic E-state index is 13.2. The van der Waals surface area contributed by atoms with Crippen LogP contribution in [0.25, 0.3) is 0 Å². The number of likely N-dealkylation sites (tertiary alicyclic amines) is 1. The highest BCUT2D eigenvalue weighted by molar-refractivity contribution is 6.10. The van der Waals surface area contributed by atoms with E-state index in [4.69, 9.17) is 9.15 Å². The number of aryl methyl sites for hydroxylation is 1. The first-order chi connectivity index (χ1) is 17.4.